The van der Waals surface area contributed by atoms with E-state index in [4.69, 9.17) is 0 Å². The van der Waals surface area contributed by atoms with Crippen molar-refractivity contribution in [1.82, 2.24) is 9.80 Å². The lowest BCUT2D eigenvalue weighted by atomic mass is 9.79. The molecule has 1 aromatic rings. The SMILES string of the molecule is CN1CCN(C(=O)C2CCN(c3ccccc3C3CCC3)CC2)CC1. The smallest absolute Gasteiger partial charge is 0.225 e. The van der Waals surface area contributed by atoms with E-state index in [0.717, 1.165) is 58.0 Å². The summed E-state index contributed by atoms with van der Waals surface area (Å²) in [5, 5.41) is 0. The van der Waals surface area contributed by atoms with Gasteiger partial charge in [0.15, 0.2) is 0 Å². The Morgan fingerprint density at radius 1 is 0.920 bits per heavy atom. The Labute approximate surface area is 151 Å². The van der Waals surface area contributed by atoms with Gasteiger partial charge < -0.3 is 14.7 Å². The first-order valence-electron chi connectivity index (χ1n) is 10.0. The number of carbonyl (C=O) groups excluding carboxylic acids is 1. The third kappa shape index (κ3) is 3.55. The monoisotopic (exact) mass is 341 g/mol. The van der Waals surface area contributed by atoms with Crippen molar-refractivity contribution < 1.29 is 4.79 Å². The first-order chi connectivity index (χ1) is 12.2. The van der Waals surface area contributed by atoms with Gasteiger partial charge in [0.05, 0.1) is 0 Å². The number of likely N-dealkylation sites (N-methyl/N-ethyl adjacent to an activating group) is 1. The molecule has 0 spiro atoms. The highest BCUT2D eigenvalue weighted by Gasteiger charge is 2.31. The largest absolute Gasteiger partial charge is 0.371 e. The van der Waals surface area contributed by atoms with Crippen LogP contribution in [-0.2, 0) is 4.79 Å². The Balaban J connectivity index is 1.36. The Hall–Kier alpha value is -1.55. The minimum atomic E-state index is 0.232. The number of piperazine rings is 1. The van der Waals surface area contributed by atoms with Crippen LogP contribution >= 0.6 is 0 Å². The third-order valence-electron chi connectivity index (χ3n) is 6.48. The number of rotatable bonds is 3. The van der Waals surface area contributed by atoms with Gasteiger partial charge in [0, 0.05) is 50.9 Å². The Morgan fingerprint density at radius 2 is 1.60 bits per heavy atom. The Bertz CT molecular complexity index is 597. The quantitative estimate of drug-likeness (QED) is 0.846. The maximum atomic E-state index is 12.8. The number of hydrogen-bond acceptors (Lipinski definition) is 3. The van der Waals surface area contributed by atoms with E-state index in [0.29, 0.717) is 5.91 Å². The summed E-state index contributed by atoms with van der Waals surface area (Å²) < 4.78 is 0. The van der Waals surface area contributed by atoms with Gasteiger partial charge in [-0.2, -0.15) is 0 Å². The molecule has 3 aliphatic rings. The second kappa shape index (κ2) is 7.36. The molecule has 2 saturated heterocycles. The van der Waals surface area contributed by atoms with Crippen molar-refractivity contribution in [2.24, 2.45) is 5.92 Å². The summed E-state index contributed by atoms with van der Waals surface area (Å²) in [5.41, 5.74) is 2.97. The number of benzene rings is 1. The minimum Gasteiger partial charge on any atom is -0.371 e. The molecule has 1 aliphatic carbocycles. The molecule has 1 aromatic carbocycles. The number of piperidine rings is 1. The molecule has 25 heavy (non-hydrogen) atoms. The molecule has 1 saturated carbocycles. The van der Waals surface area contributed by atoms with E-state index >= 15 is 0 Å². The topological polar surface area (TPSA) is 26.8 Å². The van der Waals surface area contributed by atoms with Crippen LogP contribution in [0.1, 0.15) is 43.6 Å². The van der Waals surface area contributed by atoms with Gasteiger partial charge in [0.25, 0.3) is 0 Å². The van der Waals surface area contributed by atoms with Crippen molar-refractivity contribution >= 4 is 11.6 Å². The Kier molecular flexibility index (Phi) is 4.98. The van der Waals surface area contributed by atoms with Crippen molar-refractivity contribution in [3.63, 3.8) is 0 Å². The molecule has 4 nitrogen and oxygen atoms in total. The summed E-state index contributed by atoms with van der Waals surface area (Å²) in [4.78, 5) is 19.8. The molecule has 1 amide bonds. The van der Waals surface area contributed by atoms with Crippen LogP contribution in [0.3, 0.4) is 0 Å². The molecule has 0 unspecified atom stereocenters. The lowest BCUT2D eigenvalue weighted by molar-refractivity contribution is -0.137. The lowest BCUT2D eigenvalue weighted by Crippen LogP contribution is -2.50. The summed E-state index contributed by atoms with van der Waals surface area (Å²) in [5.74, 6) is 1.40. The number of carbonyl (C=O) groups is 1. The number of nitrogens with zero attached hydrogens (tertiary/aromatic N) is 3. The zero-order valence-corrected chi connectivity index (χ0v) is 15.5. The highest BCUT2D eigenvalue weighted by molar-refractivity contribution is 5.79. The first kappa shape index (κ1) is 16.9. The van der Waals surface area contributed by atoms with Crippen molar-refractivity contribution in [3.8, 4) is 0 Å². The van der Waals surface area contributed by atoms with Crippen LogP contribution in [-0.4, -0.2) is 62.0 Å². The molecule has 3 fully saturated rings. The van der Waals surface area contributed by atoms with Gasteiger partial charge in [-0.15, -0.1) is 0 Å². The minimum absolute atomic E-state index is 0.232. The number of amides is 1. The summed E-state index contributed by atoms with van der Waals surface area (Å²) in [6.45, 7) is 5.88. The van der Waals surface area contributed by atoms with Crippen molar-refractivity contribution in [2.45, 2.75) is 38.0 Å². The average Bonchev–Trinajstić information content (AvgIpc) is 2.61. The van der Waals surface area contributed by atoms with Crippen molar-refractivity contribution in [1.29, 1.82) is 0 Å². The first-order valence-corrected chi connectivity index (χ1v) is 10.0. The zero-order valence-electron chi connectivity index (χ0n) is 15.5. The van der Waals surface area contributed by atoms with Crippen LogP contribution in [0.4, 0.5) is 5.69 Å². The fraction of sp³-hybridized carbons (Fsp3) is 0.667. The molecular formula is C21H31N3O. The van der Waals surface area contributed by atoms with Crippen molar-refractivity contribution in [3.05, 3.63) is 29.8 Å². The molecule has 2 heterocycles. The second-order valence-corrected chi connectivity index (χ2v) is 8.08. The molecule has 4 rings (SSSR count). The second-order valence-electron chi connectivity index (χ2n) is 8.08. The summed E-state index contributed by atoms with van der Waals surface area (Å²) in [7, 11) is 2.14. The average molecular weight is 341 g/mol. The summed E-state index contributed by atoms with van der Waals surface area (Å²) in [6.07, 6.45) is 6.07. The Morgan fingerprint density at radius 3 is 2.24 bits per heavy atom. The molecule has 0 radical (unpaired) electrons. The van der Waals surface area contributed by atoms with Crippen LogP contribution in [0, 0.1) is 5.92 Å². The fourth-order valence-corrected chi connectivity index (χ4v) is 4.49. The van der Waals surface area contributed by atoms with Gasteiger partial charge >= 0.3 is 0 Å². The van der Waals surface area contributed by atoms with E-state index in [-0.39, 0.29) is 5.92 Å². The van der Waals surface area contributed by atoms with Crippen LogP contribution < -0.4 is 4.90 Å². The van der Waals surface area contributed by atoms with Gasteiger partial charge in [0.2, 0.25) is 5.91 Å². The third-order valence-corrected chi connectivity index (χ3v) is 6.48. The molecule has 0 N–H and O–H groups in total. The standard InChI is InChI=1S/C21H31N3O/c1-22-13-15-24(16-14-22)21(25)18-9-11-23(12-10-18)20-8-3-2-7-19(20)17-5-4-6-17/h2-3,7-8,17-18H,4-6,9-16H2,1H3. The predicted octanol–water partition coefficient (Wildman–Crippen LogP) is 2.94. The highest BCUT2D eigenvalue weighted by atomic mass is 16.2. The van der Waals surface area contributed by atoms with E-state index in [1.807, 2.05) is 0 Å². The normalized spacial score (nSPS) is 23.6. The van der Waals surface area contributed by atoms with Crippen LogP contribution in [0.15, 0.2) is 24.3 Å². The number of para-hydroxylation sites is 1. The summed E-state index contributed by atoms with van der Waals surface area (Å²) >= 11 is 0. The molecule has 0 aromatic heterocycles. The summed E-state index contributed by atoms with van der Waals surface area (Å²) in [6, 6.07) is 8.96. The molecule has 0 atom stereocenters. The van der Waals surface area contributed by atoms with Crippen LogP contribution in [0.2, 0.25) is 0 Å². The van der Waals surface area contributed by atoms with E-state index < -0.39 is 0 Å². The molecule has 4 heteroatoms. The van der Waals surface area contributed by atoms with E-state index in [1.165, 1.54) is 30.5 Å². The van der Waals surface area contributed by atoms with Crippen LogP contribution in [0.25, 0.3) is 0 Å². The lowest BCUT2D eigenvalue weighted by Gasteiger charge is -2.39. The van der Waals surface area contributed by atoms with E-state index in [2.05, 4.69) is 46.0 Å². The fourth-order valence-electron chi connectivity index (χ4n) is 4.49. The van der Waals surface area contributed by atoms with Gasteiger partial charge in [-0.05, 0) is 50.3 Å². The predicted molar refractivity (Wildman–Crippen MR) is 102 cm³/mol. The number of anilines is 1. The highest BCUT2D eigenvalue weighted by Crippen LogP contribution is 2.41. The van der Waals surface area contributed by atoms with Gasteiger partial charge in [-0.3, -0.25) is 4.79 Å². The number of hydrogen-bond donors (Lipinski definition) is 0. The maximum Gasteiger partial charge on any atom is 0.225 e. The van der Waals surface area contributed by atoms with E-state index in [9.17, 15) is 4.79 Å². The molecule has 136 valence electrons. The van der Waals surface area contributed by atoms with Gasteiger partial charge in [0.1, 0.15) is 0 Å². The zero-order chi connectivity index (χ0) is 17.2. The van der Waals surface area contributed by atoms with Crippen molar-refractivity contribution in [2.75, 3.05) is 51.2 Å². The van der Waals surface area contributed by atoms with Crippen LogP contribution in [0.5, 0.6) is 0 Å². The maximum absolute atomic E-state index is 12.8. The van der Waals surface area contributed by atoms with E-state index in [1.54, 1.807) is 0 Å². The molecule has 0 bridgehead atoms. The van der Waals surface area contributed by atoms with Gasteiger partial charge in [-0.1, -0.05) is 24.6 Å². The molecular weight excluding hydrogens is 310 g/mol. The molecule has 2 aliphatic heterocycles. The van der Waals surface area contributed by atoms with Gasteiger partial charge in [-0.25, -0.2) is 0 Å².